The second kappa shape index (κ2) is 23.0. The first-order valence-corrected chi connectivity index (χ1v) is 16.6. The Labute approximate surface area is 233 Å². The molecule has 0 aromatic carbocycles. The predicted molar refractivity (Wildman–Crippen MR) is 157 cm³/mol. The van der Waals surface area contributed by atoms with Crippen molar-refractivity contribution in [3.05, 3.63) is 12.2 Å². The van der Waals surface area contributed by atoms with Crippen molar-refractivity contribution < 1.29 is 32.9 Å². The van der Waals surface area contributed by atoms with Gasteiger partial charge in [0, 0.05) is 6.42 Å². The molecular formula is C29H60N2O6P+. The van der Waals surface area contributed by atoms with Crippen LogP contribution >= 0.6 is 7.82 Å². The van der Waals surface area contributed by atoms with Crippen LogP contribution < -0.4 is 5.32 Å². The monoisotopic (exact) mass is 563 g/mol. The second-order valence-electron chi connectivity index (χ2n) is 11.5. The van der Waals surface area contributed by atoms with Crippen molar-refractivity contribution in [3.8, 4) is 0 Å². The number of allylic oxidation sites excluding steroid dienone is 1. The number of likely N-dealkylation sites (N-methyl/N-ethyl adjacent to an activating group) is 1. The lowest BCUT2D eigenvalue weighted by Crippen LogP contribution is -2.45. The molecule has 8 nitrogen and oxygen atoms in total. The van der Waals surface area contributed by atoms with Crippen molar-refractivity contribution in [2.24, 2.45) is 0 Å². The number of aliphatic hydroxyl groups is 1. The van der Waals surface area contributed by atoms with Gasteiger partial charge in [-0.3, -0.25) is 13.8 Å². The molecule has 0 heterocycles. The van der Waals surface area contributed by atoms with E-state index in [9.17, 15) is 19.4 Å². The minimum atomic E-state index is -4.30. The van der Waals surface area contributed by atoms with E-state index in [0.29, 0.717) is 17.4 Å². The maximum absolute atomic E-state index is 12.6. The molecule has 3 N–H and O–H groups in total. The third kappa shape index (κ3) is 24.3. The Morgan fingerprint density at radius 2 is 1.39 bits per heavy atom. The molecule has 9 heteroatoms. The van der Waals surface area contributed by atoms with Crippen LogP contribution in [0.2, 0.25) is 0 Å². The van der Waals surface area contributed by atoms with E-state index in [1.807, 2.05) is 27.2 Å². The lowest BCUT2D eigenvalue weighted by atomic mass is 10.1. The molecule has 0 aromatic rings. The number of carbonyl (C=O) groups excluding carboxylic acids is 1. The number of quaternary nitrogens is 1. The van der Waals surface area contributed by atoms with Crippen molar-refractivity contribution in [1.82, 2.24) is 5.32 Å². The van der Waals surface area contributed by atoms with Crippen molar-refractivity contribution >= 4 is 13.7 Å². The molecule has 0 aliphatic heterocycles. The molecule has 0 aliphatic carbocycles. The smallest absolute Gasteiger partial charge is 0.387 e. The molecule has 3 unspecified atom stereocenters. The molecule has 0 aromatic heterocycles. The van der Waals surface area contributed by atoms with E-state index in [1.165, 1.54) is 51.4 Å². The number of nitrogens with one attached hydrogen (secondary N) is 1. The van der Waals surface area contributed by atoms with Crippen LogP contribution in [0.1, 0.15) is 117 Å². The topological polar surface area (TPSA) is 105 Å². The fraction of sp³-hybridized carbons (Fsp3) is 0.897. The van der Waals surface area contributed by atoms with Crippen molar-refractivity contribution in [2.75, 3.05) is 40.9 Å². The molecule has 0 saturated heterocycles. The van der Waals surface area contributed by atoms with E-state index in [1.54, 1.807) is 6.08 Å². The number of unbranched alkanes of at least 4 members (excludes halogenated alkanes) is 13. The molecule has 0 fully saturated rings. The largest absolute Gasteiger partial charge is 0.472 e. The van der Waals surface area contributed by atoms with Gasteiger partial charge in [-0.25, -0.2) is 4.57 Å². The molecule has 0 radical (unpaired) electrons. The normalized spacial score (nSPS) is 15.4. The summed E-state index contributed by atoms with van der Waals surface area (Å²) in [4.78, 5) is 22.7. The van der Waals surface area contributed by atoms with Crippen molar-refractivity contribution in [3.63, 3.8) is 0 Å². The van der Waals surface area contributed by atoms with E-state index in [-0.39, 0.29) is 19.1 Å². The summed E-state index contributed by atoms with van der Waals surface area (Å²) in [5, 5.41) is 13.5. The molecule has 0 spiro atoms. The van der Waals surface area contributed by atoms with E-state index in [0.717, 1.165) is 44.9 Å². The summed E-state index contributed by atoms with van der Waals surface area (Å²) in [5.74, 6) is -0.188. The molecule has 1 amide bonds. The molecule has 0 bridgehead atoms. The lowest BCUT2D eigenvalue weighted by molar-refractivity contribution is -0.870. The van der Waals surface area contributed by atoms with Crippen molar-refractivity contribution in [1.29, 1.82) is 0 Å². The average Bonchev–Trinajstić information content (AvgIpc) is 2.84. The summed E-state index contributed by atoms with van der Waals surface area (Å²) >= 11 is 0. The fourth-order valence-electron chi connectivity index (χ4n) is 3.98. The van der Waals surface area contributed by atoms with Crippen LogP contribution in [-0.2, 0) is 18.4 Å². The Morgan fingerprint density at radius 1 is 0.868 bits per heavy atom. The first-order valence-electron chi connectivity index (χ1n) is 15.1. The van der Waals surface area contributed by atoms with Crippen LogP contribution in [0.3, 0.4) is 0 Å². The van der Waals surface area contributed by atoms with Gasteiger partial charge in [0.2, 0.25) is 5.91 Å². The number of phosphoric ester groups is 1. The standard InChI is InChI=1S/C29H59N2O6P/c1-6-8-10-12-14-15-16-17-19-21-23-29(33)30-27(28(32)22-20-18-13-11-9-7-2)26-37-38(34,35)36-25-24-31(3,4)5/h20,22,27-28,32H,6-19,21,23-26H2,1-5H3,(H-,30,33,34,35)/p+1/b22-20+. The number of aliphatic hydroxyl groups excluding tert-OH is 1. The molecule has 38 heavy (non-hydrogen) atoms. The maximum atomic E-state index is 12.6. The summed E-state index contributed by atoms with van der Waals surface area (Å²) < 4.78 is 23.2. The first-order chi connectivity index (χ1) is 18.0. The summed E-state index contributed by atoms with van der Waals surface area (Å²) in [6.07, 6.45) is 20.1. The van der Waals surface area contributed by atoms with Gasteiger partial charge < -0.3 is 19.8 Å². The van der Waals surface area contributed by atoms with E-state index >= 15 is 0 Å². The highest BCUT2D eigenvalue weighted by atomic mass is 31.2. The molecule has 0 saturated carbocycles. The highest BCUT2D eigenvalue weighted by Crippen LogP contribution is 2.43. The first kappa shape index (κ1) is 37.2. The quantitative estimate of drug-likeness (QED) is 0.0480. The number of hydrogen-bond donors (Lipinski definition) is 3. The minimum Gasteiger partial charge on any atom is -0.387 e. The number of amides is 1. The number of nitrogens with zero attached hydrogens (tertiary/aromatic N) is 1. The van der Waals surface area contributed by atoms with Gasteiger partial charge in [0.05, 0.1) is 39.9 Å². The Kier molecular flexibility index (Phi) is 22.5. The third-order valence-electron chi connectivity index (χ3n) is 6.51. The van der Waals surface area contributed by atoms with Gasteiger partial charge in [-0.1, -0.05) is 103 Å². The Hall–Kier alpha value is -0.760. The summed E-state index contributed by atoms with van der Waals surface area (Å²) in [6, 6.07) is -0.833. The van der Waals surface area contributed by atoms with Crippen LogP contribution in [0.5, 0.6) is 0 Å². The van der Waals surface area contributed by atoms with E-state index < -0.39 is 20.0 Å². The Morgan fingerprint density at radius 3 is 1.95 bits per heavy atom. The van der Waals surface area contributed by atoms with Crippen LogP contribution in [0.25, 0.3) is 0 Å². The highest BCUT2D eigenvalue weighted by Gasteiger charge is 2.27. The predicted octanol–water partition coefficient (Wildman–Crippen LogP) is 6.51. The zero-order valence-corrected chi connectivity index (χ0v) is 26.1. The van der Waals surface area contributed by atoms with Gasteiger partial charge in [-0.05, 0) is 19.3 Å². The molecule has 0 rings (SSSR count). The molecule has 0 aliphatic rings. The average molecular weight is 564 g/mol. The fourth-order valence-corrected chi connectivity index (χ4v) is 4.71. The van der Waals surface area contributed by atoms with Crippen LogP contribution in [-0.4, -0.2) is 73.4 Å². The minimum absolute atomic E-state index is 0.0628. The van der Waals surface area contributed by atoms with E-state index in [4.69, 9.17) is 9.05 Å². The van der Waals surface area contributed by atoms with Crippen LogP contribution in [0.15, 0.2) is 12.2 Å². The number of rotatable bonds is 26. The summed E-state index contributed by atoms with van der Waals surface area (Å²) in [5.41, 5.74) is 0. The Balaban J connectivity index is 4.61. The highest BCUT2D eigenvalue weighted by molar-refractivity contribution is 7.47. The van der Waals surface area contributed by atoms with Gasteiger partial charge in [0.15, 0.2) is 0 Å². The Bertz CT molecular complexity index is 653. The second-order valence-corrected chi connectivity index (χ2v) is 12.9. The van der Waals surface area contributed by atoms with Gasteiger partial charge >= 0.3 is 7.82 Å². The van der Waals surface area contributed by atoms with Crippen LogP contribution in [0.4, 0.5) is 0 Å². The summed E-state index contributed by atoms with van der Waals surface area (Å²) in [7, 11) is 1.57. The lowest BCUT2D eigenvalue weighted by Gasteiger charge is -2.25. The van der Waals surface area contributed by atoms with Gasteiger partial charge in [0.1, 0.15) is 13.2 Å². The van der Waals surface area contributed by atoms with Gasteiger partial charge in [-0.2, -0.15) is 0 Å². The van der Waals surface area contributed by atoms with Crippen molar-refractivity contribution in [2.45, 2.75) is 129 Å². The van der Waals surface area contributed by atoms with Gasteiger partial charge in [0.25, 0.3) is 0 Å². The SMILES string of the molecule is CCCCCC/C=C/C(O)C(COP(=O)(O)OCC[N+](C)(C)C)NC(=O)CCCCCCCCCCCC. The van der Waals surface area contributed by atoms with E-state index in [2.05, 4.69) is 19.2 Å². The summed E-state index contributed by atoms with van der Waals surface area (Å²) in [6.45, 7) is 4.67. The number of carbonyl (C=O) groups is 1. The van der Waals surface area contributed by atoms with Gasteiger partial charge in [-0.15, -0.1) is 0 Å². The maximum Gasteiger partial charge on any atom is 0.472 e. The molecular weight excluding hydrogens is 503 g/mol. The zero-order valence-electron chi connectivity index (χ0n) is 25.2. The molecule has 226 valence electrons. The zero-order chi connectivity index (χ0) is 28.7. The number of hydrogen-bond acceptors (Lipinski definition) is 5. The molecule has 3 atom stereocenters. The number of phosphoric acid groups is 1. The van der Waals surface area contributed by atoms with Crippen LogP contribution in [0, 0.1) is 0 Å². The third-order valence-corrected chi connectivity index (χ3v) is 7.49.